The molecule has 0 aliphatic carbocycles. The van der Waals surface area contributed by atoms with E-state index in [-0.39, 0.29) is 16.2 Å². The van der Waals surface area contributed by atoms with Gasteiger partial charge in [0.2, 0.25) is 0 Å². The van der Waals surface area contributed by atoms with Gasteiger partial charge in [0.25, 0.3) is 16.8 Å². The van der Waals surface area contributed by atoms with Crippen LogP contribution in [0.3, 0.4) is 0 Å². The third-order valence-electron chi connectivity index (χ3n) is 5.35. The molecule has 1 saturated heterocycles. The Bertz CT molecular complexity index is 1410. The van der Waals surface area contributed by atoms with Crippen molar-refractivity contribution in [3.05, 3.63) is 103 Å². The van der Waals surface area contributed by atoms with Crippen LogP contribution < -0.4 is 9.47 Å². The summed E-state index contributed by atoms with van der Waals surface area (Å²) in [6.07, 6.45) is 1.54. The Morgan fingerprint density at radius 3 is 2.46 bits per heavy atom. The molecule has 0 bridgehead atoms. The summed E-state index contributed by atoms with van der Waals surface area (Å²) < 4.78 is 12.0. The summed E-state index contributed by atoms with van der Waals surface area (Å²) >= 11 is 4.20. The summed E-state index contributed by atoms with van der Waals surface area (Å²) in [6.45, 7) is -0.143. The molecule has 4 rings (SSSR count). The first-order valence-corrected chi connectivity index (χ1v) is 12.4. The topological polar surface area (TPSA) is 116 Å². The molecule has 0 saturated carbocycles. The molecule has 2 amide bonds. The van der Waals surface area contributed by atoms with Gasteiger partial charge >= 0.3 is 0 Å². The molecule has 1 heterocycles. The van der Waals surface area contributed by atoms with Crippen LogP contribution in [-0.4, -0.2) is 40.4 Å². The van der Waals surface area contributed by atoms with Crippen molar-refractivity contribution in [1.82, 2.24) is 4.90 Å². The second-order valence-electron chi connectivity index (χ2n) is 7.80. The molecule has 0 unspecified atom stereocenters. The molecule has 0 N–H and O–H groups in total. The number of nitro benzene ring substituents is 1. The Morgan fingerprint density at radius 1 is 1.11 bits per heavy atom. The van der Waals surface area contributed by atoms with E-state index < -0.39 is 28.4 Å². The van der Waals surface area contributed by atoms with Crippen molar-refractivity contribution < 1.29 is 28.8 Å². The number of Topliss-reactive ketones (excluding diaryl/α,β-unsaturated/α-hetero) is 1. The standard InChI is InChI=1S/C26H19BrN2O7S/c1-35-22-12-17(11-20(27)24(22)36-15-16-5-3-2-4-6-16)13-23-25(31)28(26(32)37-23)14-21(30)18-7-9-19(10-8-18)29(33)34/h2-13H,14-15H2,1H3/b23-13+. The van der Waals surface area contributed by atoms with Gasteiger partial charge in [-0.15, -0.1) is 0 Å². The number of non-ortho nitro benzene ring substituents is 1. The van der Waals surface area contributed by atoms with Gasteiger partial charge in [0.15, 0.2) is 17.3 Å². The predicted octanol–water partition coefficient (Wildman–Crippen LogP) is 5.86. The number of imide groups is 1. The summed E-state index contributed by atoms with van der Waals surface area (Å²) in [5.41, 5.74) is 1.57. The normalized spacial score (nSPS) is 14.2. The first kappa shape index (κ1) is 26.1. The number of hydrogen-bond donors (Lipinski definition) is 0. The zero-order valence-corrected chi connectivity index (χ0v) is 21.8. The molecule has 1 aliphatic rings. The lowest BCUT2D eigenvalue weighted by molar-refractivity contribution is -0.384. The molecule has 11 heteroatoms. The van der Waals surface area contributed by atoms with Crippen molar-refractivity contribution in [2.24, 2.45) is 0 Å². The van der Waals surface area contributed by atoms with E-state index in [0.717, 1.165) is 22.2 Å². The first-order chi connectivity index (χ1) is 17.8. The number of ether oxygens (including phenoxy) is 2. The Morgan fingerprint density at radius 2 is 1.81 bits per heavy atom. The number of carbonyl (C=O) groups is 3. The SMILES string of the molecule is COc1cc(/C=C2/SC(=O)N(CC(=O)c3ccc([N+](=O)[O-])cc3)C2=O)cc(Br)c1OCc1ccccc1. The number of halogens is 1. The molecule has 3 aromatic rings. The Hall–Kier alpha value is -3.96. The zero-order chi connectivity index (χ0) is 26.5. The summed E-state index contributed by atoms with van der Waals surface area (Å²) in [5, 5.41) is 10.2. The number of benzene rings is 3. The van der Waals surface area contributed by atoms with Crippen molar-refractivity contribution in [1.29, 1.82) is 0 Å². The van der Waals surface area contributed by atoms with Crippen LogP contribution in [0.25, 0.3) is 6.08 Å². The van der Waals surface area contributed by atoms with Gasteiger partial charge in [-0.3, -0.25) is 29.4 Å². The molecular formula is C26H19BrN2O7S. The zero-order valence-electron chi connectivity index (χ0n) is 19.4. The third kappa shape index (κ3) is 6.07. The number of nitrogens with zero attached hydrogens (tertiary/aromatic N) is 2. The van der Waals surface area contributed by atoms with Crippen molar-refractivity contribution in [2.45, 2.75) is 6.61 Å². The molecular weight excluding hydrogens is 564 g/mol. The molecule has 0 spiro atoms. The van der Waals surface area contributed by atoms with Crippen LogP contribution in [0.2, 0.25) is 0 Å². The highest BCUT2D eigenvalue weighted by atomic mass is 79.9. The van der Waals surface area contributed by atoms with E-state index in [9.17, 15) is 24.5 Å². The second-order valence-corrected chi connectivity index (χ2v) is 9.65. The van der Waals surface area contributed by atoms with Crippen molar-refractivity contribution >= 4 is 56.4 Å². The molecule has 3 aromatic carbocycles. The molecule has 37 heavy (non-hydrogen) atoms. The van der Waals surface area contributed by atoms with E-state index in [4.69, 9.17) is 9.47 Å². The van der Waals surface area contributed by atoms with Crippen LogP contribution in [0, 0.1) is 10.1 Å². The number of amides is 2. The summed E-state index contributed by atoms with van der Waals surface area (Å²) in [6, 6.07) is 18.0. The van der Waals surface area contributed by atoms with Gasteiger partial charge in [-0.1, -0.05) is 30.3 Å². The Labute approximate surface area is 224 Å². The Kier molecular flexibility index (Phi) is 8.04. The van der Waals surface area contributed by atoms with Crippen molar-refractivity contribution in [3.8, 4) is 11.5 Å². The number of nitro groups is 1. The number of ketones is 1. The lowest BCUT2D eigenvalue weighted by Gasteiger charge is -2.14. The van der Waals surface area contributed by atoms with E-state index in [1.165, 1.54) is 37.5 Å². The van der Waals surface area contributed by atoms with Crippen LogP contribution in [0.15, 0.2) is 76.1 Å². The molecule has 1 aliphatic heterocycles. The number of thioether (sulfide) groups is 1. The van der Waals surface area contributed by atoms with Gasteiger partial charge in [0, 0.05) is 17.7 Å². The largest absolute Gasteiger partial charge is 0.493 e. The minimum atomic E-state index is -0.607. The third-order valence-corrected chi connectivity index (χ3v) is 6.85. The molecule has 0 atom stereocenters. The smallest absolute Gasteiger partial charge is 0.293 e. The van der Waals surface area contributed by atoms with Crippen LogP contribution in [0.4, 0.5) is 10.5 Å². The molecule has 1 fully saturated rings. The molecule has 9 nitrogen and oxygen atoms in total. The number of methoxy groups -OCH3 is 1. The highest BCUT2D eigenvalue weighted by Gasteiger charge is 2.36. The van der Waals surface area contributed by atoms with E-state index >= 15 is 0 Å². The van der Waals surface area contributed by atoms with Gasteiger partial charge in [0.05, 0.1) is 28.0 Å². The van der Waals surface area contributed by atoms with Gasteiger partial charge < -0.3 is 9.47 Å². The second kappa shape index (κ2) is 11.4. The fourth-order valence-corrected chi connectivity index (χ4v) is 4.90. The number of hydrogen-bond acceptors (Lipinski definition) is 8. The highest BCUT2D eigenvalue weighted by Crippen LogP contribution is 2.39. The molecule has 188 valence electrons. The maximum atomic E-state index is 12.9. The van der Waals surface area contributed by atoms with Gasteiger partial charge in [-0.05, 0) is 69.2 Å². The van der Waals surface area contributed by atoms with Crippen LogP contribution >= 0.6 is 27.7 Å². The van der Waals surface area contributed by atoms with E-state index in [1.54, 1.807) is 12.1 Å². The highest BCUT2D eigenvalue weighted by molar-refractivity contribution is 9.10. The van der Waals surface area contributed by atoms with Crippen molar-refractivity contribution in [3.63, 3.8) is 0 Å². The Balaban J connectivity index is 1.49. The minimum Gasteiger partial charge on any atom is -0.493 e. The lowest BCUT2D eigenvalue weighted by Crippen LogP contribution is -2.33. The lowest BCUT2D eigenvalue weighted by atomic mass is 10.1. The van der Waals surface area contributed by atoms with Gasteiger partial charge in [0.1, 0.15) is 6.61 Å². The summed E-state index contributed by atoms with van der Waals surface area (Å²) in [5.74, 6) is -0.193. The van der Waals surface area contributed by atoms with Gasteiger partial charge in [-0.25, -0.2) is 0 Å². The predicted molar refractivity (Wildman–Crippen MR) is 142 cm³/mol. The average molecular weight is 583 g/mol. The van der Waals surface area contributed by atoms with E-state index in [1.807, 2.05) is 30.3 Å². The van der Waals surface area contributed by atoms with Crippen LogP contribution in [0.5, 0.6) is 11.5 Å². The van der Waals surface area contributed by atoms with Crippen LogP contribution in [-0.2, 0) is 11.4 Å². The maximum Gasteiger partial charge on any atom is 0.293 e. The molecule has 0 aromatic heterocycles. The van der Waals surface area contributed by atoms with E-state index in [0.29, 0.717) is 28.1 Å². The number of rotatable bonds is 9. The summed E-state index contributed by atoms with van der Waals surface area (Å²) in [4.78, 5) is 49.2. The summed E-state index contributed by atoms with van der Waals surface area (Å²) in [7, 11) is 1.50. The molecule has 0 radical (unpaired) electrons. The fraction of sp³-hybridized carbons (Fsp3) is 0.115. The average Bonchev–Trinajstić information content (AvgIpc) is 3.15. The first-order valence-electron chi connectivity index (χ1n) is 10.8. The number of carbonyl (C=O) groups excluding carboxylic acids is 3. The minimum absolute atomic E-state index is 0.147. The van der Waals surface area contributed by atoms with Crippen LogP contribution in [0.1, 0.15) is 21.5 Å². The fourth-order valence-electron chi connectivity index (χ4n) is 3.48. The van der Waals surface area contributed by atoms with Gasteiger partial charge in [-0.2, -0.15) is 0 Å². The van der Waals surface area contributed by atoms with E-state index in [2.05, 4.69) is 15.9 Å². The quantitative estimate of drug-likeness (QED) is 0.133. The maximum absolute atomic E-state index is 12.9. The monoisotopic (exact) mass is 582 g/mol. The van der Waals surface area contributed by atoms with Crippen molar-refractivity contribution in [2.75, 3.05) is 13.7 Å².